The Morgan fingerprint density at radius 3 is 2.50 bits per heavy atom. The summed E-state index contributed by atoms with van der Waals surface area (Å²) in [6.45, 7) is 0. The molecule has 2 aromatic rings. The lowest BCUT2D eigenvalue weighted by molar-refractivity contribution is -0.138. The number of rotatable bonds is 6. The Labute approximate surface area is 116 Å². The van der Waals surface area contributed by atoms with Crippen LogP contribution in [0.1, 0.15) is 5.56 Å². The van der Waals surface area contributed by atoms with E-state index in [0.717, 1.165) is 5.56 Å². The molecule has 0 saturated carbocycles. The number of aliphatic carboxylic acids is 1. The van der Waals surface area contributed by atoms with Gasteiger partial charge in [0.2, 0.25) is 10.0 Å². The van der Waals surface area contributed by atoms with Crippen molar-refractivity contribution < 1.29 is 18.3 Å². The second-order valence-electron chi connectivity index (χ2n) is 4.25. The first-order valence-electron chi connectivity index (χ1n) is 5.91. The van der Waals surface area contributed by atoms with Crippen molar-refractivity contribution in [3.05, 3.63) is 54.4 Å². The van der Waals surface area contributed by atoms with Crippen LogP contribution in [0.3, 0.4) is 0 Å². The first-order valence-corrected chi connectivity index (χ1v) is 7.39. The molecule has 7 heteroatoms. The Kier molecular flexibility index (Phi) is 4.21. The first kappa shape index (κ1) is 14.3. The van der Waals surface area contributed by atoms with Gasteiger partial charge >= 0.3 is 5.97 Å². The molecule has 106 valence electrons. The average Bonchev–Trinajstić information content (AvgIpc) is 2.93. The number of carboxylic acid groups (broad SMARTS) is 1. The van der Waals surface area contributed by atoms with E-state index in [1.54, 1.807) is 24.3 Å². The van der Waals surface area contributed by atoms with Gasteiger partial charge in [-0.3, -0.25) is 4.79 Å². The third-order valence-electron chi connectivity index (χ3n) is 2.76. The highest BCUT2D eigenvalue weighted by atomic mass is 32.2. The van der Waals surface area contributed by atoms with E-state index >= 15 is 0 Å². The molecule has 0 aliphatic heterocycles. The minimum Gasteiger partial charge on any atom is -0.480 e. The quantitative estimate of drug-likeness (QED) is 0.739. The second kappa shape index (κ2) is 5.89. The molecule has 1 aromatic heterocycles. The van der Waals surface area contributed by atoms with Gasteiger partial charge < -0.3 is 10.1 Å². The number of hydrogen-bond donors (Lipinski definition) is 3. The highest BCUT2D eigenvalue weighted by Gasteiger charge is 2.25. The summed E-state index contributed by atoms with van der Waals surface area (Å²) in [4.78, 5) is 13.8. The van der Waals surface area contributed by atoms with Gasteiger partial charge in [0.05, 0.1) is 4.90 Å². The van der Waals surface area contributed by atoms with E-state index in [9.17, 15) is 13.2 Å². The molecule has 0 saturated heterocycles. The fraction of sp³-hybridized carbons (Fsp3) is 0.154. The second-order valence-corrected chi connectivity index (χ2v) is 5.96. The van der Waals surface area contributed by atoms with Gasteiger partial charge in [-0.2, -0.15) is 4.72 Å². The maximum Gasteiger partial charge on any atom is 0.322 e. The number of H-pyrrole nitrogens is 1. The molecule has 6 nitrogen and oxygen atoms in total. The molecule has 3 N–H and O–H groups in total. The maximum atomic E-state index is 12.0. The molecule has 0 aliphatic rings. The molecule has 0 radical (unpaired) electrons. The monoisotopic (exact) mass is 294 g/mol. The number of hydrogen-bond acceptors (Lipinski definition) is 3. The lowest BCUT2D eigenvalue weighted by Crippen LogP contribution is -2.42. The molecule has 2 rings (SSSR count). The van der Waals surface area contributed by atoms with E-state index < -0.39 is 22.0 Å². The van der Waals surface area contributed by atoms with Crippen LogP contribution in [0, 0.1) is 0 Å². The van der Waals surface area contributed by atoms with Crippen molar-refractivity contribution in [2.24, 2.45) is 0 Å². The van der Waals surface area contributed by atoms with Crippen LogP contribution in [-0.4, -0.2) is 30.5 Å². The van der Waals surface area contributed by atoms with E-state index in [-0.39, 0.29) is 11.3 Å². The molecule has 20 heavy (non-hydrogen) atoms. The number of aromatic nitrogens is 1. The summed E-state index contributed by atoms with van der Waals surface area (Å²) in [5, 5.41) is 9.16. The molecule has 1 heterocycles. The molecule has 0 bridgehead atoms. The standard InChI is InChI=1S/C13H14N2O4S/c16-13(17)12(8-10-4-2-1-3-5-10)15-20(18,19)11-6-7-14-9-11/h1-7,9,12,14-15H,8H2,(H,16,17)/t12-/m1/s1. The third kappa shape index (κ3) is 3.46. The summed E-state index contributed by atoms with van der Waals surface area (Å²) < 4.78 is 26.2. The lowest BCUT2D eigenvalue weighted by Gasteiger charge is -2.14. The Bertz CT molecular complexity index is 666. The van der Waals surface area contributed by atoms with Crippen molar-refractivity contribution >= 4 is 16.0 Å². The fourth-order valence-electron chi connectivity index (χ4n) is 1.76. The van der Waals surface area contributed by atoms with E-state index in [2.05, 4.69) is 9.71 Å². The summed E-state index contributed by atoms with van der Waals surface area (Å²) in [6, 6.07) is 9.01. The van der Waals surface area contributed by atoms with Crippen LogP contribution in [0.15, 0.2) is 53.7 Å². The number of carbonyl (C=O) groups is 1. The Morgan fingerprint density at radius 1 is 1.25 bits per heavy atom. The predicted octanol–water partition coefficient (Wildman–Crippen LogP) is 0.989. The van der Waals surface area contributed by atoms with E-state index in [0.29, 0.717) is 0 Å². The Morgan fingerprint density at radius 2 is 1.95 bits per heavy atom. The lowest BCUT2D eigenvalue weighted by atomic mass is 10.1. The van der Waals surface area contributed by atoms with E-state index in [4.69, 9.17) is 5.11 Å². The zero-order valence-corrected chi connectivity index (χ0v) is 11.3. The molecule has 0 aliphatic carbocycles. The highest BCUT2D eigenvalue weighted by Crippen LogP contribution is 2.10. The van der Waals surface area contributed by atoms with Crippen molar-refractivity contribution in [2.75, 3.05) is 0 Å². The fourth-order valence-corrected chi connectivity index (χ4v) is 2.93. The van der Waals surface area contributed by atoms with Crippen molar-refractivity contribution in [3.8, 4) is 0 Å². The normalized spacial score (nSPS) is 13.0. The van der Waals surface area contributed by atoms with Crippen LogP contribution in [-0.2, 0) is 21.2 Å². The predicted molar refractivity (Wildman–Crippen MR) is 72.7 cm³/mol. The van der Waals surface area contributed by atoms with E-state index in [1.807, 2.05) is 6.07 Å². The Hall–Kier alpha value is -2.12. The summed E-state index contributed by atoms with van der Waals surface area (Å²) >= 11 is 0. The first-order chi connectivity index (χ1) is 9.49. The minimum absolute atomic E-state index is 0.0109. The maximum absolute atomic E-state index is 12.0. The van der Waals surface area contributed by atoms with E-state index in [1.165, 1.54) is 18.5 Å². The van der Waals surface area contributed by atoms with Crippen LogP contribution in [0.4, 0.5) is 0 Å². The number of sulfonamides is 1. The van der Waals surface area contributed by atoms with Crippen LogP contribution < -0.4 is 4.72 Å². The molecule has 0 fully saturated rings. The van der Waals surface area contributed by atoms with Crippen molar-refractivity contribution in [3.63, 3.8) is 0 Å². The molecular formula is C13H14N2O4S. The van der Waals surface area contributed by atoms with Crippen molar-refractivity contribution in [2.45, 2.75) is 17.4 Å². The summed E-state index contributed by atoms with van der Waals surface area (Å²) in [5.74, 6) is -1.21. The third-order valence-corrected chi connectivity index (χ3v) is 4.23. The van der Waals surface area contributed by atoms with Gasteiger partial charge in [0.25, 0.3) is 0 Å². The molecule has 1 aromatic carbocycles. The van der Waals surface area contributed by atoms with Crippen LogP contribution in [0.25, 0.3) is 0 Å². The van der Waals surface area contributed by atoms with Gasteiger partial charge in [0.15, 0.2) is 0 Å². The van der Waals surface area contributed by atoms with Gasteiger partial charge in [-0.05, 0) is 18.1 Å². The van der Waals surface area contributed by atoms with Gasteiger partial charge in [0.1, 0.15) is 6.04 Å². The largest absolute Gasteiger partial charge is 0.480 e. The minimum atomic E-state index is -3.84. The number of carboxylic acids is 1. The van der Waals surface area contributed by atoms with Crippen LogP contribution in [0.5, 0.6) is 0 Å². The Balaban J connectivity index is 2.17. The van der Waals surface area contributed by atoms with Crippen LogP contribution in [0.2, 0.25) is 0 Å². The molecule has 0 spiro atoms. The number of benzene rings is 1. The van der Waals surface area contributed by atoms with Crippen LogP contribution >= 0.6 is 0 Å². The molecule has 1 atom stereocenters. The van der Waals surface area contributed by atoms with Gasteiger partial charge in [-0.25, -0.2) is 8.42 Å². The summed E-state index contributed by atoms with van der Waals surface area (Å²) in [5.41, 5.74) is 0.747. The summed E-state index contributed by atoms with van der Waals surface area (Å²) in [6.07, 6.45) is 2.84. The van der Waals surface area contributed by atoms with Gasteiger partial charge in [0, 0.05) is 12.4 Å². The smallest absolute Gasteiger partial charge is 0.322 e. The van der Waals surface area contributed by atoms with Gasteiger partial charge in [-0.15, -0.1) is 0 Å². The average molecular weight is 294 g/mol. The SMILES string of the molecule is O=C(O)[C@@H](Cc1ccccc1)NS(=O)(=O)c1cc[nH]c1. The topological polar surface area (TPSA) is 99.3 Å². The zero-order valence-electron chi connectivity index (χ0n) is 10.5. The molecule has 0 amide bonds. The van der Waals surface area contributed by atoms with Gasteiger partial charge in [-0.1, -0.05) is 30.3 Å². The highest BCUT2D eigenvalue weighted by molar-refractivity contribution is 7.89. The number of aromatic amines is 1. The summed E-state index contributed by atoms with van der Waals surface area (Å²) in [7, 11) is -3.84. The molecular weight excluding hydrogens is 280 g/mol. The van der Waals surface area contributed by atoms with Crippen molar-refractivity contribution in [1.29, 1.82) is 0 Å². The zero-order chi connectivity index (χ0) is 14.6. The number of nitrogens with one attached hydrogen (secondary N) is 2. The van der Waals surface area contributed by atoms with Crippen molar-refractivity contribution in [1.82, 2.24) is 9.71 Å². The molecule has 0 unspecified atom stereocenters.